The number of carboxylic acid groups (broad SMARTS) is 1. The summed E-state index contributed by atoms with van der Waals surface area (Å²) in [6, 6.07) is 5.89. The van der Waals surface area contributed by atoms with Gasteiger partial charge in [-0.25, -0.2) is 9.18 Å². The van der Waals surface area contributed by atoms with Gasteiger partial charge in [-0.1, -0.05) is 25.7 Å². The molecule has 106 valence electrons. The molecule has 1 aliphatic rings. The van der Waals surface area contributed by atoms with Crippen LogP contribution < -0.4 is 5.32 Å². The molecule has 0 bridgehead atoms. The molecule has 0 amide bonds. The minimum Gasteiger partial charge on any atom is -0.480 e. The highest BCUT2D eigenvalue weighted by Crippen LogP contribution is 2.32. The lowest BCUT2D eigenvalue weighted by atomic mass is 9.89. The highest BCUT2D eigenvalue weighted by molar-refractivity contribution is 5.83. The third-order valence-electron chi connectivity index (χ3n) is 3.84. The van der Waals surface area contributed by atoms with E-state index in [2.05, 4.69) is 5.32 Å². The number of hydrogen-bond donors (Lipinski definition) is 2. The molecule has 0 heterocycles. The summed E-state index contributed by atoms with van der Waals surface area (Å²) in [4.78, 5) is 11.6. The average molecular weight is 276 g/mol. The molecule has 0 unspecified atom stereocenters. The molecule has 5 heteroatoms. The molecule has 1 fully saturated rings. The van der Waals surface area contributed by atoms with Crippen molar-refractivity contribution in [1.82, 2.24) is 0 Å². The molecule has 1 aliphatic carbocycles. The lowest BCUT2D eigenvalue weighted by Crippen LogP contribution is -2.46. The molecule has 0 aliphatic heterocycles. The predicted octanol–water partition coefficient (Wildman–Crippen LogP) is 3.29. The van der Waals surface area contributed by atoms with Crippen molar-refractivity contribution < 1.29 is 14.3 Å². The first-order valence-electron chi connectivity index (χ1n) is 6.79. The van der Waals surface area contributed by atoms with Crippen LogP contribution >= 0.6 is 0 Å². The van der Waals surface area contributed by atoms with Gasteiger partial charge in [0.1, 0.15) is 11.4 Å². The molecule has 1 aromatic carbocycles. The molecule has 4 nitrogen and oxygen atoms in total. The van der Waals surface area contributed by atoms with Crippen molar-refractivity contribution in [2.45, 2.75) is 44.1 Å². The first-order valence-corrected chi connectivity index (χ1v) is 6.79. The first kappa shape index (κ1) is 14.3. The zero-order valence-corrected chi connectivity index (χ0v) is 11.2. The quantitative estimate of drug-likeness (QED) is 0.831. The zero-order valence-electron chi connectivity index (χ0n) is 11.2. The normalized spacial score (nSPS) is 17.8. The standard InChI is InChI=1S/C15H17FN2O2/c16-12-9-11(10-17)5-6-13(12)18-15(14(19)20)7-3-1-2-4-8-15/h5-6,9,18H,1-4,7-8H2,(H,19,20). The van der Waals surface area contributed by atoms with Gasteiger partial charge in [0.15, 0.2) is 0 Å². The molecular formula is C15H17FN2O2. The monoisotopic (exact) mass is 276 g/mol. The van der Waals surface area contributed by atoms with Crippen LogP contribution in [0.25, 0.3) is 0 Å². The van der Waals surface area contributed by atoms with E-state index in [1.54, 1.807) is 0 Å². The topological polar surface area (TPSA) is 73.1 Å². The van der Waals surface area contributed by atoms with Crippen LogP contribution in [-0.2, 0) is 4.79 Å². The summed E-state index contributed by atoms with van der Waals surface area (Å²) in [7, 11) is 0. The molecule has 2 N–H and O–H groups in total. The third-order valence-corrected chi connectivity index (χ3v) is 3.84. The van der Waals surface area contributed by atoms with Gasteiger partial charge < -0.3 is 10.4 Å². The summed E-state index contributed by atoms with van der Waals surface area (Å²) in [5, 5.41) is 21.1. The first-order chi connectivity index (χ1) is 9.57. The van der Waals surface area contributed by atoms with Gasteiger partial charge in [-0.2, -0.15) is 5.26 Å². The number of nitriles is 1. The van der Waals surface area contributed by atoms with Crippen LogP contribution in [0.3, 0.4) is 0 Å². The number of nitrogens with zero attached hydrogens (tertiary/aromatic N) is 1. The van der Waals surface area contributed by atoms with Gasteiger partial charge in [-0.3, -0.25) is 0 Å². The Labute approximate surface area is 117 Å². The van der Waals surface area contributed by atoms with Gasteiger partial charge >= 0.3 is 5.97 Å². The molecule has 20 heavy (non-hydrogen) atoms. The molecule has 0 spiro atoms. The SMILES string of the molecule is N#Cc1ccc(NC2(C(=O)O)CCCCCC2)c(F)c1. The molecular weight excluding hydrogens is 259 g/mol. The van der Waals surface area contributed by atoms with Crippen LogP contribution in [0.5, 0.6) is 0 Å². The van der Waals surface area contributed by atoms with E-state index >= 15 is 0 Å². The number of carbonyl (C=O) groups is 1. The van der Waals surface area contributed by atoms with Crippen LogP contribution in [0, 0.1) is 17.1 Å². The minimum absolute atomic E-state index is 0.147. The van der Waals surface area contributed by atoms with Crippen molar-refractivity contribution in [3.63, 3.8) is 0 Å². The van der Waals surface area contributed by atoms with Crippen molar-refractivity contribution in [3.8, 4) is 6.07 Å². The van der Waals surface area contributed by atoms with Crippen LogP contribution in [0.1, 0.15) is 44.1 Å². The number of aliphatic carboxylic acids is 1. The van der Waals surface area contributed by atoms with E-state index < -0.39 is 17.3 Å². The summed E-state index contributed by atoms with van der Waals surface area (Å²) in [5.74, 6) is -1.53. The van der Waals surface area contributed by atoms with Crippen LogP contribution in [-0.4, -0.2) is 16.6 Å². The highest BCUT2D eigenvalue weighted by Gasteiger charge is 2.39. The van der Waals surface area contributed by atoms with Gasteiger partial charge in [0.2, 0.25) is 0 Å². The van der Waals surface area contributed by atoms with Gasteiger partial charge in [-0.15, -0.1) is 0 Å². The summed E-state index contributed by atoms with van der Waals surface area (Å²) in [5.41, 5.74) is -0.738. The number of hydrogen-bond acceptors (Lipinski definition) is 3. The molecule has 1 aromatic rings. The highest BCUT2D eigenvalue weighted by atomic mass is 19.1. The van der Waals surface area contributed by atoms with E-state index in [1.807, 2.05) is 6.07 Å². The Bertz CT molecular complexity index is 543. The fourth-order valence-electron chi connectivity index (χ4n) is 2.67. The second-order valence-electron chi connectivity index (χ2n) is 5.23. The van der Waals surface area contributed by atoms with Crippen LogP contribution in [0.15, 0.2) is 18.2 Å². The Balaban J connectivity index is 2.28. The Kier molecular flexibility index (Phi) is 4.23. The van der Waals surface area contributed by atoms with Gasteiger partial charge in [0, 0.05) is 0 Å². The summed E-state index contributed by atoms with van der Waals surface area (Å²) in [6.07, 6.45) is 4.62. The maximum Gasteiger partial charge on any atom is 0.329 e. The second-order valence-corrected chi connectivity index (χ2v) is 5.23. The zero-order chi connectivity index (χ0) is 14.6. The fourth-order valence-corrected chi connectivity index (χ4v) is 2.67. The van der Waals surface area contributed by atoms with E-state index in [4.69, 9.17) is 5.26 Å². The van der Waals surface area contributed by atoms with E-state index in [-0.39, 0.29) is 11.3 Å². The number of halogens is 1. The number of carboxylic acids is 1. The van der Waals surface area contributed by atoms with E-state index in [0.717, 1.165) is 31.7 Å². The second kappa shape index (κ2) is 5.91. The molecule has 0 saturated heterocycles. The van der Waals surface area contributed by atoms with Crippen molar-refractivity contribution in [1.29, 1.82) is 5.26 Å². The molecule has 0 atom stereocenters. The van der Waals surface area contributed by atoms with E-state index in [1.165, 1.54) is 12.1 Å². The number of nitrogens with one attached hydrogen (secondary N) is 1. The van der Waals surface area contributed by atoms with Gasteiger partial charge in [-0.05, 0) is 31.0 Å². The number of benzene rings is 1. The molecule has 0 radical (unpaired) electrons. The van der Waals surface area contributed by atoms with Gasteiger partial charge in [0.25, 0.3) is 0 Å². The Morgan fingerprint density at radius 3 is 2.45 bits per heavy atom. The van der Waals surface area contributed by atoms with Crippen LogP contribution in [0.4, 0.5) is 10.1 Å². The largest absolute Gasteiger partial charge is 0.480 e. The van der Waals surface area contributed by atoms with Crippen molar-refractivity contribution >= 4 is 11.7 Å². The maximum absolute atomic E-state index is 13.9. The van der Waals surface area contributed by atoms with Crippen molar-refractivity contribution in [2.75, 3.05) is 5.32 Å². The third kappa shape index (κ3) is 2.90. The number of anilines is 1. The molecule has 2 rings (SSSR count). The Morgan fingerprint density at radius 1 is 1.30 bits per heavy atom. The predicted molar refractivity (Wildman–Crippen MR) is 72.8 cm³/mol. The smallest absolute Gasteiger partial charge is 0.329 e. The van der Waals surface area contributed by atoms with Crippen molar-refractivity contribution in [3.05, 3.63) is 29.6 Å². The summed E-state index contributed by atoms with van der Waals surface area (Å²) in [6.45, 7) is 0. The lowest BCUT2D eigenvalue weighted by molar-refractivity contribution is -0.142. The average Bonchev–Trinajstić information content (AvgIpc) is 2.67. The summed E-state index contributed by atoms with van der Waals surface area (Å²) >= 11 is 0. The maximum atomic E-state index is 13.9. The van der Waals surface area contributed by atoms with E-state index in [9.17, 15) is 14.3 Å². The minimum atomic E-state index is -1.11. The Hall–Kier alpha value is -2.09. The van der Waals surface area contributed by atoms with Crippen LogP contribution in [0.2, 0.25) is 0 Å². The molecule has 1 saturated carbocycles. The summed E-state index contributed by atoms with van der Waals surface area (Å²) < 4.78 is 13.9. The number of rotatable bonds is 3. The molecule has 0 aromatic heterocycles. The van der Waals surface area contributed by atoms with Gasteiger partial charge in [0.05, 0.1) is 17.3 Å². The fraction of sp³-hybridized carbons (Fsp3) is 0.467. The van der Waals surface area contributed by atoms with E-state index in [0.29, 0.717) is 12.8 Å². The lowest BCUT2D eigenvalue weighted by Gasteiger charge is -2.30. The van der Waals surface area contributed by atoms with Crippen molar-refractivity contribution in [2.24, 2.45) is 0 Å². The Morgan fingerprint density at radius 2 is 1.95 bits per heavy atom.